The predicted molar refractivity (Wildman–Crippen MR) is 74.3 cm³/mol. The number of carbonyl (C=O) groups is 1. The molecule has 0 saturated carbocycles. The quantitative estimate of drug-likeness (QED) is 0.747. The van der Waals surface area contributed by atoms with Gasteiger partial charge in [0.05, 0.1) is 19.6 Å². The topological polar surface area (TPSA) is 73.6 Å². The molecule has 0 spiro atoms. The van der Waals surface area contributed by atoms with Crippen molar-refractivity contribution >= 4 is 5.91 Å². The molecule has 0 atom stereocenters. The van der Waals surface area contributed by atoms with E-state index in [2.05, 4.69) is 5.32 Å². The number of hydrogen-bond donors (Lipinski definition) is 2. The zero-order valence-electron chi connectivity index (χ0n) is 11.6. The molecule has 5 heteroatoms. The summed E-state index contributed by atoms with van der Waals surface area (Å²) >= 11 is 0. The maximum absolute atomic E-state index is 11.3. The molecule has 19 heavy (non-hydrogen) atoms. The van der Waals surface area contributed by atoms with Crippen LogP contribution in [0, 0.1) is 0 Å². The SMILES string of the molecule is CCNC(=O)CCOc1ccc(CN)cc1OCC. The Balaban J connectivity index is 2.58. The van der Waals surface area contributed by atoms with Gasteiger partial charge in [-0.3, -0.25) is 4.79 Å². The number of rotatable bonds is 8. The van der Waals surface area contributed by atoms with Gasteiger partial charge in [-0.1, -0.05) is 6.07 Å². The number of nitrogens with two attached hydrogens (primary N) is 1. The summed E-state index contributed by atoms with van der Waals surface area (Å²) in [6, 6.07) is 5.58. The average Bonchev–Trinajstić information content (AvgIpc) is 2.41. The second-order valence-electron chi connectivity index (χ2n) is 3.97. The average molecular weight is 266 g/mol. The lowest BCUT2D eigenvalue weighted by molar-refractivity contribution is -0.121. The minimum absolute atomic E-state index is 0.0148. The van der Waals surface area contributed by atoms with Crippen molar-refractivity contribution in [2.75, 3.05) is 19.8 Å². The molecule has 3 N–H and O–H groups in total. The Labute approximate surface area is 114 Å². The first-order valence-electron chi connectivity index (χ1n) is 6.56. The minimum Gasteiger partial charge on any atom is -0.490 e. The molecule has 5 nitrogen and oxygen atoms in total. The van der Waals surface area contributed by atoms with Crippen LogP contribution in [-0.4, -0.2) is 25.7 Å². The van der Waals surface area contributed by atoms with Gasteiger partial charge in [0.2, 0.25) is 5.91 Å². The van der Waals surface area contributed by atoms with Gasteiger partial charge in [0.15, 0.2) is 11.5 Å². The van der Waals surface area contributed by atoms with Gasteiger partial charge in [0.25, 0.3) is 0 Å². The summed E-state index contributed by atoms with van der Waals surface area (Å²) in [7, 11) is 0. The summed E-state index contributed by atoms with van der Waals surface area (Å²) in [5.74, 6) is 1.30. The fraction of sp³-hybridized carbons (Fsp3) is 0.500. The molecule has 0 saturated heterocycles. The van der Waals surface area contributed by atoms with Crippen LogP contribution in [0.3, 0.4) is 0 Å². The number of amides is 1. The van der Waals surface area contributed by atoms with Crippen molar-refractivity contribution in [1.29, 1.82) is 0 Å². The van der Waals surface area contributed by atoms with E-state index in [-0.39, 0.29) is 5.91 Å². The first kappa shape index (κ1) is 15.3. The normalized spacial score (nSPS) is 10.1. The van der Waals surface area contributed by atoms with Crippen molar-refractivity contribution in [2.45, 2.75) is 26.8 Å². The van der Waals surface area contributed by atoms with E-state index in [9.17, 15) is 4.79 Å². The standard InChI is InChI=1S/C14H22N2O3/c1-3-16-14(17)7-8-19-12-6-5-11(10-15)9-13(12)18-4-2/h5-6,9H,3-4,7-8,10,15H2,1-2H3,(H,16,17). The predicted octanol–water partition coefficient (Wildman–Crippen LogP) is 1.45. The Morgan fingerprint density at radius 3 is 2.68 bits per heavy atom. The molecule has 0 unspecified atom stereocenters. The highest BCUT2D eigenvalue weighted by Crippen LogP contribution is 2.28. The first-order chi connectivity index (χ1) is 9.21. The van der Waals surface area contributed by atoms with E-state index in [4.69, 9.17) is 15.2 Å². The molecule has 0 fully saturated rings. The molecular weight excluding hydrogens is 244 g/mol. The van der Waals surface area contributed by atoms with Gasteiger partial charge in [-0.15, -0.1) is 0 Å². The van der Waals surface area contributed by atoms with E-state index in [0.29, 0.717) is 44.2 Å². The van der Waals surface area contributed by atoms with Crippen LogP contribution < -0.4 is 20.5 Å². The molecule has 106 valence electrons. The molecular formula is C14H22N2O3. The van der Waals surface area contributed by atoms with E-state index in [0.717, 1.165) is 5.56 Å². The lowest BCUT2D eigenvalue weighted by atomic mass is 10.2. The van der Waals surface area contributed by atoms with Crippen LogP contribution in [0.2, 0.25) is 0 Å². The van der Waals surface area contributed by atoms with Gasteiger partial charge in [-0.25, -0.2) is 0 Å². The molecule has 0 aliphatic carbocycles. The van der Waals surface area contributed by atoms with E-state index in [1.807, 2.05) is 32.0 Å². The maximum atomic E-state index is 11.3. The monoisotopic (exact) mass is 266 g/mol. The third-order valence-corrected chi connectivity index (χ3v) is 2.50. The van der Waals surface area contributed by atoms with Crippen molar-refractivity contribution in [3.8, 4) is 11.5 Å². The molecule has 0 aliphatic heterocycles. The maximum Gasteiger partial charge on any atom is 0.223 e. The third-order valence-electron chi connectivity index (χ3n) is 2.50. The van der Waals surface area contributed by atoms with Crippen molar-refractivity contribution < 1.29 is 14.3 Å². The van der Waals surface area contributed by atoms with Crippen LogP contribution >= 0.6 is 0 Å². The summed E-state index contributed by atoms with van der Waals surface area (Å²) < 4.78 is 11.1. The summed E-state index contributed by atoms with van der Waals surface area (Å²) in [4.78, 5) is 11.3. The fourth-order valence-electron chi connectivity index (χ4n) is 1.61. The zero-order valence-corrected chi connectivity index (χ0v) is 11.6. The van der Waals surface area contributed by atoms with Crippen LogP contribution in [0.15, 0.2) is 18.2 Å². The molecule has 0 aromatic heterocycles. The van der Waals surface area contributed by atoms with Crippen LogP contribution in [-0.2, 0) is 11.3 Å². The third kappa shape index (κ3) is 5.18. The van der Waals surface area contributed by atoms with Gasteiger partial charge in [-0.05, 0) is 31.5 Å². The summed E-state index contributed by atoms with van der Waals surface area (Å²) in [6.45, 7) is 5.77. The summed E-state index contributed by atoms with van der Waals surface area (Å²) in [6.07, 6.45) is 0.331. The molecule has 0 heterocycles. The van der Waals surface area contributed by atoms with Crippen LogP contribution in [0.25, 0.3) is 0 Å². The molecule has 1 amide bonds. The highest BCUT2D eigenvalue weighted by atomic mass is 16.5. The summed E-state index contributed by atoms with van der Waals surface area (Å²) in [5.41, 5.74) is 6.57. The van der Waals surface area contributed by atoms with Crippen LogP contribution in [0.1, 0.15) is 25.8 Å². The Morgan fingerprint density at radius 2 is 2.05 bits per heavy atom. The van der Waals surface area contributed by atoms with Gasteiger partial charge >= 0.3 is 0 Å². The van der Waals surface area contributed by atoms with Crippen LogP contribution in [0.4, 0.5) is 0 Å². The highest BCUT2D eigenvalue weighted by molar-refractivity contribution is 5.75. The lowest BCUT2D eigenvalue weighted by Gasteiger charge is -2.13. The second kappa shape index (κ2) is 8.37. The number of nitrogens with one attached hydrogen (secondary N) is 1. The van der Waals surface area contributed by atoms with Gasteiger partial charge in [0.1, 0.15) is 0 Å². The van der Waals surface area contributed by atoms with Crippen LogP contribution in [0.5, 0.6) is 11.5 Å². The highest BCUT2D eigenvalue weighted by Gasteiger charge is 2.07. The molecule has 1 aromatic carbocycles. The number of hydrogen-bond acceptors (Lipinski definition) is 4. The van der Waals surface area contributed by atoms with Crippen molar-refractivity contribution in [3.63, 3.8) is 0 Å². The van der Waals surface area contributed by atoms with Gasteiger partial charge in [-0.2, -0.15) is 0 Å². The molecule has 0 aliphatic rings. The lowest BCUT2D eigenvalue weighted by Crippen LogP contribution is -2.24. The summed E-state index contributed by atoms with van der Waals surface area (Å²) in [5, 5.41) is 2.72. The van der Waals surface area contributed by atoms with Crippen molar-refractivity contribution in [3.05, 3.63) is 23.8 Å². The molecule has 1 rings (SSSR count). The Morgan fingerprint density at radius 1 is 1.26 bits per heavy atom. The van der Waals surface area contributed by atoms with E-state index in [1.54, 1.807) is 0 Å². The Bertz CT molecular complexity index is 408. The molecule has 0 radical (unpaired) electrons. The Kier molecular flexibility index (Phi) is 6.74. The number of ether oxygens (including phenoxy) is 2. The molecule has 0 bridgehead atoms. The molecule has 1 aromatic rings. The smallest absolute Gasteiger partial charge is 0.223 e. The van der Waals surface area contributed by atoms with E-state index in [1.165, 1.54) is 0 Å². The Hall–Kier alpha value is -1.75. The van der Waals surface area contributed by atoms with Crippen molar-refractivity contribution in [2.24, 2.45) is 5.73 Å². The van der Waals surface area contributed by atoms with Gasteiger partial charge < -0.3 is 20.5 Å². The number of carbonyl (C=O) groups excluding carboxylic acids is 1. The zero-order chi connectivity index (χ0) is 14.1. The van der Waals surface area contributed by atoms with Gasteiger partial charge in [0, 0.05) is 13.1 Å². The first-order valence-corrected chi connectivity index (χ1v) is 6.56. The van der Waals surface area contributed by atoms with Crippen molar-refractivity contribution in [1.82, 2.24) is 5.32 Å². The fourth-order valence-corrected chi connectivity index (χ4v) is 1.61. The number of benzene rings is 1. The van der Waals surface area contributed by atoms with E-state index >= 15 is 0 Å². The minimum atomic E-state index is -0.0148. The largest absolute Gasteiger partial charge is 0.490 e. The van der Waals surface area contributed by atoms with E-state index < -0.39 is 0 Å². The second-order valence-corrected chi connectivity index (χ2v) is 3.97.